The number of hydrogen-bond acceptors (Lipinski definition) is 4. The van der Waals surface area contributed by atoms with Crippen molar-refractivity contribution in [2.24, 2.45) is 0 Å². The Kier molecular flexibility index (Phi) is 3.11. The molecule has 22 heavy (non-hydrogen) atoms. The van der Waals surface area contributed by atoms with Crippen molar-refractivity contribution in [1.82, 2.24) is 0 Å². The molecule has 0 spiro atoms. The lowest BCUT2D eigenvalue weighted by Gasteiger charge is -2.27. The highest BCUT2D eigenvalue weighted by molar-refractivity contribution is 6.28. The van der Waals surface area contributed by atoms with Gasteiger partial charge in [0.05, 0.1) is 11.4 Å². The highest BCUT2D eigenvalue weighted by Gasteiger charge is 2.55. The molecule has 1 heterocycles. The first-order valence-corrected chi connectivity index (χ1v) is 6.68. The average Bonchev–Trinajstić information content (AvgIpc) is 2.70. The summed E-state index contributed by atoms with van der Waals surface area (Å²) in [7, 11) is 0. The number of phenols is 1. The molecule has 6 nitrogen and oxygen atoms in total. The smallest absolute Gasteiger partial charge is 0.287 e. The quantitative estimate of drug-likeness (QED) is 0.822. The fraction of sp³-hybridized carbons (Fsp3) is 0.125. The third kappa shape index (κ3) is 2.01. The molecule has 2 aromatic rings. The molecule has 1 atom stereocenters. The summed E-state index contributed by atoms with van der Waals surface area (Å²) in [6.45, 7) is 1.17. The van der Waals surface area contributed by atoms with Gasteiger partial charge in [-0.3, -0.25) is 9.59 Å². The maximum atomic E-state index is 12.5. The van der Waals surface area contributed by atoms with Crippen LogP contribution in [0.25, 0.3) is 0 Å². The molecular formula is C16H14N2O4. The van der Waals surface area contributed by atoms with Crippen LogP contribution < -0.4 is 10.0 Å². The van der Waals surface area contributed by atoms with E-state index in [0.29, 0.717) is 11.4 Å². The van der Waals surface area contributed by atoms with E-state index in [1.807, 2.05) is 0 Å². The number of phenolic OH excluding ortho intramolecular Hbond substituents is 1. The zero-order valence-corrected chi connectivity index (χ0v) is 11.8. The van der Waals surface area contributed by atoms with Crippen LogP contribution in [0.4, 0.5) is 11.4 Å². The highest BCUT2D eigenvalue weighted by atomic mass is 16.3. The lowest BCUT2D eigenvalue weighted by atomic mass is 10.1. The summed E-state index contributed by atoms with van der Waals surface area (Å²) in [4.78, 5) is 24.9. The molecule has 0 aromatic heterocycles. The Labute approximate surface area is 126 Å². The second-order valence-electron chi connectivity index (χ2n) is 5.16. The Balaban J connectivity index is 2.14. The number of benzene rings is 2. The molecule has 1 fully saturated rings. The Morgan fingerprint density at radius 3 is 1.77 bits per heavy atom. The average molecular weight is 298 g/mol. The van der Waals surface area contributed by atoms with Crippen molar-refractivity contribution >= 4 is 23.2 Å². The summed E-state index contributed by atoms with van der Waals surface area (Å²) in [5.41, 5.74) is -1.29. The Bertz CT molecular complexity index is 726. The fourth-order valence-electron chi connectivity index (χ4n) is 2.31. The minimum absolute atomic E-state index is 0.0414. The van der Waals surface area contributed by atoms with Gasteiger partial charge in [0, 0.05) is 0 Å². The van der Waals surface area contributed by atoms with Gasteiger partial charge >= 0.3 is 0 Å². The predicted molar refractivity (Wildman–Crippen MR) is 80.1 cm³/mol. The molecule has 2 amide bonds. The Hall–Kier alpha value is -2.86. The van der Waals surface area contributed by atoms with Crippen molar-refractivity contribution in [3.63, 3.8) is 0 Å². The Morgan fingerprint density at radius 2 is 1.27 bits per heavy atom. The molecule has 0 unspecified atom stereocenters. The molecule has 1 aliphatic heterocycles. The molecule has 2 aromatic carbocycles. The number of nitrogens with zero attached hydrogens (tertiary/aromatic N) is 2. The minimum atomic E-state index is -2.13. The molecule has 0 saturated carbocycles. The van der Waals surface area contributed by atoms with E-state index in [2.05, 4.69) is 0 Å². The van der Waals surface area contributed by atoms with E-state index in [1.165, 1.54) is 31.2 Å². The molecule has 6 heteroatoms. The van der Waals surface area contributed by atoms with Crippen LogP contribution >= 0.6 is 0 Å². The number of aliphatic hydroxyl groups is 1. The number of carbonyl (C=O) groups excluding carboxylic acids is 2. The first-order valence-electron chi connectivity index (χ1n) is 6.68. The maximum Gasteiger partial charge on any atom is 0.287 e. The third-order valence-corrected chi connectivity index (χ3v) is 3.51. The SMILES string of the molecule is C[C@]1(O)C(=O)N(c2ccccc2)N(c2ccc(O)cc2)C1=O. The molecule has 0 radical (unpaired) electrons. The van der Waals surface area contributed by atoms with E-state index in [-0.39, 0.29) is 5.75 Å². The number of para-hydroxylation sites is 1. The number of aromatic hydroxyl groups is 1. The molecule has 0 aliphatic carbocycles. The summed E-state index contributed by atoms with van der Waals surface area (Å²) in [5.74, 6) is -1.43. The molecule has 1 saturated heterocycles. The zero-order chi connectivity index (χ0) is 15.9. The van der Waals surface area contributed by atoms with Crippen LogP contribution in [-0.4, -0.2) is 27.6 Å². The second-order valence-corrected chi connectivity index (χ2v) is 5.16. The normalized spacial score (nSPS) is 21.5. The van der Waals surface area contributed by atoms with Crippen molar-refractivity contribution in [3.05, 3.63) is 54.6 Å². The van der Waals surface area contributed by atoms with Crippen molar-refractivity contribution in [2.75, 3.05) is 10.0 Å². The van der Waals surface area contributed by atoms with E-state index >= 15 is 0 Å². The van der Waals surface area contributed by atoms with Gasteiger partial charge in [0.2, 0.25) is 5.60 Å². The van der Waals surface area contributed by atoms with Gasteiger partial charge in [-0.25, -0.2) is 10.0 Å². The van der Waals surface area contributed by atoms with E-state index in [1.54, 1.807) is 30.3 Å². The summed E-state index contributed by atoms with van der Waals surface area (Å²) in [6.07, 6.45) is 0. The number of rotatable bonds is 2. The van der Waals surface area contributed by atoms with Gasteiger partial charge in [-0.15, -0.1) is 0 Å². The molecule has 1 aliphatic rings. The van der Waals surface area contributed by atoms with E-state index in [0.717, 1.165) is 10.0 Å². The maximum absolute atomic E-state index is 12.5. The van der Waals surface area contributed by atoms with Gasteiger partial charge in [-0.1, -0.05) is 18.2 Å². The van der Waals surface area contributed by atoms with Crippen LogP contribution in [-0.2, 0) is 9.59 Å². The molecular weight excluding hydrogens is 284 g/mol. The lowest BCUT2D eigenvalue weighted by molar-refractivity contribution is -0.142. The summed E-state index contributed by atoms with van der Waals surface area (Å²) >= 11 is 0. The van der Waals surface area contributed by atoms with Crippen molar-refractivity contribution in [1.29, 1.82) is 0 Å². The van der Waals surface area contributed by atoms with Crippen molar-refractivity contribution in [3.8, 4) is 5.75 Å². The standard InChI is InChI=1S/C16H14N2O4/c1-16(22)14(20)17(11-5-3-2-4-6-11)18(15(16)21)12-7-9-13(19)10-8-12/h2-10,19,22H,1H3/t16-/m0/s1. The van der Waals surface area contributed by atoms with Crippen LogP contribution in [0.15, 0.2) is 54.6 Å². The first-order chi connectivity index (χ1) is 10.4. The molecule has 3 rings (SSSR count). The molecule has 112 valence electrons. The number of carbonyl (C=O) groups is 2. The molecule has 2 N–H and O–H groups in total. The molecule has 0 bridgehead atoms. The topological polar surface area (TPSA) is 81.1 Å². The van der Waals surface area contributed by atoms with Gasteiger partial charge in [0.15, 0.2) is 0 Å². The van der Waals surface area contributed by atoms with Crippen LogP contribution in [0.3, 0.4) is 0 Å². The number of hydrazine groups is 1. The van der Waals surface area contributed by atoms with Gasteiger partial charge in [0.1, 0.15) is 5.75 Å². The Morgan fingerprint density at radius 1 is 0.818 bits per heavy atom. The van der Waals surface area contributed by atoms with Gasteiger partial charge in [0.25, 0.3) is 11.8 Å². The van der Waals surface area contributed by atoms with E-state index in [4.69, 9.17) is 0 Å². The lowest BCUT2D eigenvalue weighted by Crippen LogP contribution is -2.41. The van der Waals surface area contributed by atoms with Crippen LogP contribution in [0.1, 0.15) is 6.92 Å². The van der Waals surface area contributed by atoms with Crippen LogP contribution in [0.2, 0.25) is 0 Å². The summed E-state index contributed by atoms with van der Waals surface area (Å²) in [5, 5.41) is 21.8. The number of anilines is 2. The fourth-order valence-corrected chi connectivity index (χ4v) is 2.31. The highest BCUT2D eigenvalue weighted by Crippen LogP contribution is 2.34. The van der Waals surface area contributed by atoms with Crippen molar-refractivity contribution in [2.45, 2.75) is 12.5 Å². The van der Waals surface area contributed by atoms with E-state index < -0.39 is 17.4 Å². The number of hydrogen-bond donors (Lipinski definition) is 2. The van der Waals surface area contributed by atoms with Crippen molar-refractivity contribution < 1.29 is 19.8 Å². The minimum Gasteiger partial charge on any atom is -0.508 e. The van der Waals surface area contributed by atoms with Gasteiger partial charge in [-0.05, 0) is 43.3 Å². The predicted octanol–water partition coefficient (Wildman–Crippen LogP) is 1.44. The van der Waals surface area contributed by atoms with Crippen LogP contribution in [0.5, 0.6) is 5.75 Å². The third-order valence-electron chi connectivity index (χ3n) is 3.51. The second kappa shape index (κ2) is 4.85. The summed E-state index contributed by atoms with van der Waals surface area (Å²) < 4.78 is 0. The number of amides is 2. The summed E-state index contributed by atoms with van der Waals surface area (Å²) in [6, 6.07) is 14.4. The first kappa shape index (κ1) is 14.1. The van der Waals surface area contributed by atoms with Crippen LogP contribution in [0, 0.1) is 0 Å². The van der Waals surface area contributed by atoms with Gasteiger partial charge < -0.3 is 10.2 Å². The largest absolute Gasteiger partial charge is 0.508 e. The monoisotopic (exact) mass is 298 g/mol. The van der Waals surface area contributed by atoms with Gasteiger partial charge in [-0.2, -0.15) is 0 Å². The zero-order valence-electron chi connectivity index (χ0n) is 11.8. The van der Waals surface area contributed by atoms with E-state index in [9.17, 15) is 19.8 Å².